The molecule has 0 saturated heterocycles. The summed E-state index contributed by atoms with van der Waals surface area (Å²) in [6, 6.07) is 23.6. The number of halogens is 1. The Morgan fingerprint density at radius 3 is 2.48 bits per heavy atom. The number of rotatable bonds is 4. The first-order valence-corrected chi connectivity index (χ1v) is 11.6. The Kier molecular flexibility index (Phi) is 5.75. The van der Waals surface area contributed by atoms with Crippen LogP contribution in [0.25, 0.3) is 17.0 Å². The summed E-state index contributed by atoms with van der Waals surface area (Å²) in [6.07, 6.45) is 1.73. The van der Waals surface area contributed by atoms with Gasteiger partial charge in [-0.05, 0) is 61.9 Å². The van der Waals surface area contributed by atoms with E-state index in [0.717, 1.165) is 32.0 Å². The number of ether oxygens (including phenoxy) is 1. The minimum atomic E-state index is -0.514. The first-order chi connectivity index (χ1) is 16.0. The molecule has 162 valence electrons. The van der Waals surface area contributed by atoms with Crippen molar-refractivity contribution in [2.45, 2.75) is 23.8 Å². The largest absolute Gasteiger partial charge is 0.402 e. The van der Waals surface area contributed by atoms with E-state index in [9.17, 15) is 4.79 Å². The monoisotopic (exact) mass is 470 g/mol. The number of aliphatic imine (C=N–C) groups is 1. The van der Waals surface area contributed by atoms with Crippen LogP contribution in [-0.2, 0) is 9.53 Å². The van der Waals surface area contributed by atoms with Crippen LogP contribution in [0, 0.1) is 13.8 Å². The van der Waals surface area contributed by atoms with E-state index in [0.29, 0.717) is 10.6 Å². The van der Waals surface area contributed by atoms with Crippen LogP contribution in [0.3, 0.4) is 0 Å². The van der Waals surface area contributed by atoms with Gasteiger partial charge in [0.15, 0.2) is 5.70 Å². The lowest BCUT2D eigenvalue weighted by atomic mass is 10.1. The maximum absolute atomic E-state index is 12.6. The van der Waals surface area contributed by atoms with E-state index in [1.807, 2.05) is 37.3 Å². The smallest absolute Gasteiger partial charge is 0.363 e. The van der Waals surface area contributed by atoms with Gasteiger partial charge in [-0.3, -0.25) is 0 Å². The van der Waals surface area contributed by atoms with E-state index in [-0.39, 0.29) is 11.6 Å². The Bertz CT molecular complexity index is 1460. The summed E-state index contributed by atoms with van der Waals surface area (Å²) in [4.78, 5) is 23.0. The lowest BCUT2D eigenvalue weighted by Crippen LogP contribution is -2.05. The molecular weight excluding hydrogens is 452 g/mol. The molecule has 0 fully saturated rings. The maximum Gasteiger partial charge on any atom is 0.363 e. The molecule has 1 aliphatic heterocycles. The quantitative estimate of drug-likeness (QED) is 0.238. The topological polar surface area (TPSA) is 51.6 Å². The second-order valence-corrected chi connectivity index (χ2v) is 9.28. The highest BCUT2D eigenvalue weighted by atomic mass is 35.5. The molecule has 3 aromatic carbocycles. The van der Waals surface area contributed by atoms with E-state index in [4.69, 9.17) is 21.3 Å². The molecule has 0 atom stereocenters. The van der Waals surface area contributed by atoms with E-state index in [2.05, 4.69) is 42.2 Å². The summed E-state index contributed by atoms with van der Waals surface area (Å²) in [6.45, 7) is 4.10. The fourth-order valence-electron chi connectivity index (χ4n) is 3.49. The minimum Gasteiger partial charge on any atom is -0.402 e. The van der Waals surface area contributed by atoms with Gasteiger partial charge < -0.3 is 4.74 Å². The summed E-state index contributed by atoms with van der Waals surface area (Å²) in [5.74, 6) is -0.311. The molecule has 0 N–H and O–H groups in total. The van der Waals surface area contributed by atoms with Crippen molar-refractivity contribution in [2.75, 3.05) is 0 Å². The molecule has 0 saturated carbocycles. The average molecular weight is 471 g/mol. The van der Waals surface area contributed by atoms with Crippen molar-refractivity contribution < 1.29 is 9.53 Å². The molecule has 4 aromatic rings. The number of benzene rings is 3. The summed E-state index contributed by atoms with van der Waals surface area (Å²) < 4.78 is 5.42. The number of cyclic esters (lactones) is 1. The molecule has 1 aliphatic rings. The molecule has 0 spiro atoms. The molecule has 4 nitrogen and oxygen atoms in total. The SMILES string of the molecule is Cc1ccc(Sc2nc3cc(C)ccc3cc2/C=C2/N=C(c3ccccc3Cl)OC2=O)cc1. The van der Waals surface area contributed by atoms with Gasteiger partial charge in [0.2, 0.25) is 5.90 Å². The summed E-state index contributed by atoms with van der Waals surface area (Å²) in [5, 5.41) is 2.25. The Balaban J connectivity index is 1.60. The maximum atomic E-state index is 12.6. The zero-order chi connectivity index (χ0) is 22.9. The molecule has 6 heteroatoms. The Labute approximate surface area is 201 Å². The molecule has 0 aliphatic carbocycles. The number of carbonyl (C=O) groups excluding carboxylic acids is 1. The highest BCUT2D eigenvalue weighted by Gasteiger charge is 2.26. The van der Waals surface area contributed by atoms with Crippen LogP contribution in [0.2, 0.25) is 5.02 Å². The van der Waals surface area contributed by atoms with Gasteiger partial charge in [0.25, 0.3) is 0 Å². The number of aromatic nitrogens is 1. The summed E-state index contributed by atoms with van der Waals surface area (Å²) in [5.41, 5.74) is 4.83. The number of hydrogen-bond donors (Lipinski definition) is 0. The fraction of sp³-hybridized carbons (Fsp3) is 0.0741. The van der Waals surface area contributed by atoms with Gasteiger partial charge in [-0.1, -0.05) is 65.3 Å². The fourth-order valence-corrected chi connectivity index (χ4v) is 4.58. The number of esters is 1. The van der Waals surface area contributed by atoms with E-state index in [1.54, 1.807) is 30.0 Å². The second-order valence-electron chi connectivity index (χ2n) is 7.81. The van der Waals surface area contributed by atoms with Crippen LogP contribution in [0.4, 0.5) is 0 Å². The van der Waals surface area contributed by atoms with Crippen molar-refractivity contribution in [1.29, 1.82) is 0 Å². The van der Waals surface area contributed by atoms with Crippen molar-refractivity contribution in [1.82, 2.24) is 4.98 Å². The molecule has 0 radical (unpaired) electrons. The van der Waals surface area contributed by atoms with Crippen LogP contribution < -0.4 is 0 Å². The third-order valence-corrected chi connectivity index (χ3v) is 6.58. The van der Waals surface area contributed by atoms with E-state index in [1.165, 1.54) is 5.56 Å². The zero-order valence-electron chi connectivity index (χ0n) is 18.0. The number of carbonyl (C=O) groups is 1. The molecule has 33 heavy (non-hydrogen) atoms. The second kappa shape index (κ2) is 8.85. The van der Waals surface area contributed by atoms with Crippen molar-refractivity contribution in [2.24, 2.45) is 4.99 Å². The van der Waals surface area contributed by atoms with E-state index < -0.39 is 5.97 Å². The van der Waals surface area contributed by atoms with Gasteiger partial charge in [0.05, 0.1) is 16.1 Å². The van der Waals surface area contributed by atoms with Gasteiger partial charge in [0.1, 0.15) is 5.03 Å². The van der Waals surface area contributed by atoms with Crippen molar-refractivity contribution >= 4 is 52.2 Å². The van der Waals surface area contributed by atoms with Crippen LogP contribution in [0.15, 0.2) is 93.4 Å². The number of nitrogens with zero attached hydrogens (tertiary/aromatic N) is 2. The average Bonchev–Trinajstić information content (AvgIpc) is 3.16. The number of fused-ring (bicyclic) bond motifs is 1. The van der Waals surface area contributed by atoms with E-state index >= 15 is 0 Å². The predicted octanol–water partition coefficient (Wildman–Crippen LogP) is 7.00. The van der Waals surface area contributed by atoms with Crippen LogP contribution in [0.5, 0.6) is 0 Å². The first kappa shape index (κ1) is 21.4. The highest BCUT2D eigenvalue weighted by molar-refractivity contribution is 7.99. The van der Waals surface area contributed by atoms with Gasteiger partial charge in [0, 0.05) is 15.8 Å². The van der Waals surface area contributed by atoms with Gasteiger partial charge in [-0.2, -0.15) is 0 Å². The molecule has 1 aromatic heterocycles. The van der Waals surface area contributed by atoms with Crippen molar-refractivity contribution in [3.05, 3.63) is 106 Å². The lowest BCUT2D eigenvalue weighted by Gasteiger charge is -2.09. The first-order valence-electron chi connectivity index (χ1n) is 10.4. The van der Waals surface area contributed by atoms with Gasteiger partial charge >= 0.3 is 5.97 Å². The van der Waals surface area contributed by atoms with Crippen LogP contribution >= 0.6 is 23.4 Å². The van der Waals surface area contributed by atoms with Gasteiger partial charge in [-0.25, -0.2) is 14.8 Å². The Morgan fingerprint density at radius 2 is 1.70 bits per heavy atom. The molecule has 2 heterocycles. The van der Waals surface area contributed by atoms with Crippen molar-refractivity contribution in [3.63, 3.8) is 0 Å². The Morgan fingerprint density at radius 1 is 0.939 bits per heavy atom. The Hall–Kier alpha value is -3.41. The minimum absolute atomic E-state index is 0.203. The normalized spacial score (nSPS) is 14.6. The molecule has 0 unspecified atom stereocenters. The van der Waals surface area contributed by atoms with Gasteiger partial charge in [-0.15, -0.1) is 0 Å². The molecule has 5 rings (SSSR count). The predicted molar refractivity (Wildman–Crippen MR) is 134 cm³/mol. The van der Waals surface area contributed by atoms with Crippen molar-refractivity contribution in [3.8, 4) is 0 Å². The third-order valence-electron chi connectivity index (χ3n) is 5.22. The van der Waals surface area contributed by atoms with Crippen LogP contribution in [-0.4, -0.2) is 16.9 Å². The van der Waals surface area contributed by atoms with Crippen LogP contribution in [0.1, 0.15) is 22.3 Å². The molecular formula is C27H19ClN2O2S. The summed E-state index contributed by atoms with van der Waals surface area (Å²) in [7, 11) is 0. The number of pyridine rings is 1. The number of aryl methyl sites for hydroxylation is 2. The number of hydrogen-bond acceptors (Lipinski definition) is 5. The molecule has 0 bridgehead atoms. The highest BCUT2D eigenvalue weighted by Crippen LogP contribution is 2.34. The summed E-state index contributed by atoms with van der Waals surface area (Å²) >= 11 is 7.81. The third kappa shape index (κ3) is 4.56. The zero-order valence-corrected chi connectivity index (χ0v) is 19.6. The molecule has 0 amide bonds. The standard InChI is InChI=1S/C27H19ClN2O2S/c1-16-8-11-20(12-9-16)33-26-19(14-18-10-7-17(2)13-23(18)30-26)15-24-27(31)32-25(29-24)21-5-3-4-6-22(21)28/h3-15H,1-2H3/b24-15+. The lowest BCUT2D eigenvalue weighted by molar-refractivity contribution is -0.129.